The smallest absolute Gasteiger partial charge is 0.238 e. The van der Waals surface area contributed by atoms with Crippen LogP contribution in [0.3, 0.4) is 0 Å². The molecule has 0 saturated heterocycles. The number of nitrogens with one attached hydrogen (secondary N) is 1. The Labute approximate surface area is 92.9 Å². The Bertz CT molecular complexity index is 421. The highest BCUT2D eigenvalue weighted by Gasteiger charge is 2.33. The highest BCUT2D eigenvalue weighted by molar-refractivity contribution is 6.10. The minimum absolute atomic E-state index is 0.152. The van der Waals surface area contributed by atoms with Gasteiger partial charge in [-0.3, -0.25) is 9.48 Å². The fraction of sp³-hybridized carbons (Fsp3) is 0.444. The Morgan fingerprint density at radius 3 is 2.75 bits per heavy atom. The van der Waals surface area contributed by atoms with E-state index in [0.717, 1.165) is 0 Å². The molecule has 88 valence electrons. The normalized spacial score (nSPS) is 12.6. The molecule has 7 nitrogen and oxygen atoms in total. The fourth-order valence-corrected chi connectivity index (χ4v) is 0.996. The van der Waals surface area contributed by atoms with Gasteiger partial charge in [-0.05, 0) is 13.8 Å². The van der Waals surface area contributed by atoms with Crippen LogP contribution in [0.25, 0.3) is 0 Å². The summed E-state index contributed by atoms with van der Waals surface area (Å²) in [4.78, 5) is 11.8. The molecule has 1 heterocycles. The zero-order valence-corrected chi connectivity index (χ0v) is 9.43. The number of nitrogens with zero attached hydrogens (tertiary/aromatic N) is 3. The van der Waals surface area contributed by atoms with Gasteiger partial charge in [0.25, 0.3) is 0 Å². The van der Waals surface area contributed by atoms with Crippen LogP contribution in [-0.4, -0.2) is 26.7 Å². The molecule has 0 unspecified atom stereocenters. The van der Waals surface area contributed by atoms with Crippen LogP contribution in [0.5, 0.6) is 0 Å². The topological polar surface area (TPSA) is 106 Å². The lowest BCUT2D eigenvalue weighted by Gasteiger charge is -2.20. The summed E-state index contributed by atoms with van der Waals surface area (Å²) >= 11 is 0. The van der Waals surface area contributed by atoms with Crippen LogP contribution in [0, 0.1) is 5.41 Å². The number of aryl methyl sites for hydroxylation is 1. The number of rotatable bonds is 3. The average molecular weight is 225 g/mol. The summed E-state index contributed by atoms with van der Waals surface area (Å²) in [6.45, 7) is 3.11. The summed E-state index contributed by atoms with van der Waals surface area (Å²) in [6.07, 6.45) is 1.70. The second kappa shape index (κ2) is 4.21. The third-order valence-corrected chi connectivity index (χ3v) is 2.27. The molecule has 1 aromatic heterocycles. The maximum atomic E-state index is 11.8. The van der Waals surface area contributed by atoms with E-state index in [1.54, 1.807) is 37.8 Å². The zero-order chi connectivity index (χ0) is 12.3. The van der Waals surface area contributed by atoms with E-state index in [1.807, 2.05) is 0 Å². The van der Waals surface area contributed by atoms with Gasteiger partial charge in [0.1, 0.15) is 5.41 Å². The molecular weight excluding hydrogens is 210 g/mol. The third-order valence-electron chi connectivity index (χ3n) is 2.27. The lowest BCUT2D eigenvalue weighted by molar-refractivity contribution is -0.121. The molecular formula is C9H15N5O2. The number of amidine groups is 1. The maximum Gasteiger partial charge on any atom is 0.238 e. The van der Waals surface area contributed by atoms with E-state index in [9.17, 15) is 4.79 Å². The summed E-state index contributed by atoms with van der Waals surface area (Å²) in [5, 5.41) is 18.0. The van der Waals surface area contributed by atoms with Crippen LogP contribution in [0.15, 0.2) is 17.4 Å². The fourth-order valence-electron chi connectivity index (χ4n) is 0.996. The quantitative estimate of drug-likeness (QED) is 0.294. The number of carbonyl (C=O) groups is 1. The van der Waals surface area contributed by atoms with Gasteiger partial charge >= 0.3 is 0 Å². The molecule has 4 N–H and O–H groups in total. The van der Waals surface area contributed by atoms with E-state index in [1.165, 1.54) is 0 Å². The third kappa shape index (κ3) is 2.30. The van der Waals surface area contributed by atoms with Gasteiger partial charge in [0.15, 0.2) is 11.7 Å². The van der Waals surface area contributed by atoms with Gasteiger partial charge < -0.3 is 16.3 Å². The van der Waals surface area contributed by atoms with Crippen molar-refractivity contribution in [2.45, 2.75) is 13.8 Å². The number of amides is 1. The Morgan fingerprint density at radius 1 is 1.69 bits per heavy atom. The van der Waals surface area contributed by atoms with Crippen molar-refractivity contribution in [3.63, 3.8) is 0 Å². The molecule has 0 aliphatic rings. The van der Waals surface area contributed by atoms with Crippen LogP contribution < -0.4 is 11.1 Å². The minimum atomic E-state index is -1.09. The predicted octanol–water partition coefficient (Wildman–Crippen LogP) is 0.131. The lowest BCUT2D eigenvalue weighted by Crippen LogP contribution is -2.42. The molecule has 0 bridgehead atoms. The first kappa shape index (κ1) is 12.0. The second-order valence-corrected chi connectivity index (χ2v) is 3.94. The average Bonchev–Trinajstić information content (AvgIpc) is 2.62. The van der Waals surface area contributed by atoms with Crippen LogP contribution >= 0.6 is 0 Å². The molecule has 7 heteroatoms. The Kier molecular flexibility index (Phi) is 3.17. The number of aromatic nitrogens is 2. The number of hydrogen-bond donors (Lipinski definition) is 3. The van der Waals surface area contributed by atoms with Crippen LogP contribution in [0.4, 0.5) is 5.82 Å². The van der Waals surface area contributed by atoms with Gasteiger partial charge in [0.2, 0.25) is 5.91 Å². The highest BCUT2D eigenvalue weighted by atomic mass is 16.4. The molecule has 0 aromatic carbocycles. The van der Waals surface area contributed by atoms with Crippen molar-refractivity contribution in [1.82, 2.24) is 9.78 Å². The van der Waals surface area contributed by atoms with Crippen molar-refractivity contribution >= 4 is 17.6 Å². The monoisotopic (exact) mass is 225 g/mol. The molecule has 1 rings (SSSR count). The van der Waals surface area contributed by atoms with Crippen LogP contribution in [-0.2, 0) is 11.8 Å². The van der Waals surface area contributed by atoms with Crippen LogP contribution in [0.1, 0.15) is 13.8 Å². The number of oxime groups is 1. The van der Waals surface area contributed by atoms with E-state index < -0.39 is 5.41 Å². The van der Waals surface area contributed by atoms with Gasteiger partial charge in [0, 0.05) is 19.3 Å². The molecule has 0 aliphatic heterocycles. The van der Waals surface area contributed by atoms with Gasteiger partial charge in [0.05, 0.1) is 0 Å². The SMILES string of the molecule is Cn1ccc(NC(=O)C(C)(C)C(N)=NO)n1. The standard InChI is InChI=1S/C9H15N5O2/c1-9(2,7(10)13-16)8(15)11-6-4-5-14(3)12-6/h4-5,16H,1-3H3,(H2,10,13)(H,11,12,15). The summed E-state index contributed by atoms with van der Waals surface area (Å²) in [5.41, 5.74) is 4.33. The maximum absolute atomic E-state index is 11.8. The first-order chi connectivity index (χ1) is 7.37. The first-order valence-corrected chi connectivity index (χ1v) is 4.67. The summed E-state index contributed by atoms with van der Waals surface area (Å²) in [5.74, 6) is -0.117. The van der Waals surface area contributed by atoms with E-state index in [-0.39, 0.29) is 11.7 Å². The van der Waals surface area contributed by atoms with Crippen LogP contribution in [0.2, 0.25) is 0 Å². The lowest BCUT2D eigenvalue weighted by atomic mass is 9.91. The van der Waals surface area contributed by atoms with Gasteiger partial charge in [-0.2, -0.15) is 5.10 Å². The molecule has 0 saturated carbocycles. The Balaban J connectivity index is 2.80. The van der Waals surface area contributed by atoms with Crippen molar-refractivity contribution in [2.24, 2.45) is 23.4 Å². The van der Waals surface area contributed by atoms with Gasteiger partial charge in [-0.1, -0.05) is 5.16 Å². The minimum Gasteiger partial charge on any atom is -0.409 e. The zero-order valence-electron chi connectivity index (χ0n) is 9.43. The largest absolute Gasteiger partial charge is 0.409 e. The van der Waals surface area contributed by atoms with Gasteiger partial charge in [-0.15, -0.1) is 0 Å². The number of anilines is 1. The van der Waals surface area contributed by atoms with Gasteiger partial charge in [-0.25, -0.2) is 0 Å². The van der Waals surface area contributed by atoms with Crippen molar-refractivity contribution in [1.29, 1.82) is 0 Å². The van der Waals surface area contributed by atoms with Crippen molar-refractivity contribution in [3.05, 3.63) is 12.3 Å². The Hall–Kier alpha value is -2.05. The van der Waals surface area contributed by atoms with E-state index in [2.05, 4.69) is 15.6 Å². The predicted molar refractivity (Wildman–Crippen MR) is 59.0 cm³/mol. The molecule has 0 fully saturated rings. The molecule has 0 radical (unpaired) electrons. The Morgan fingerprint density at radius 2 is 2.31 bits per heavy atom. The molecule has 1 aromatic rings. The first-order valence-electron chi connectivity index (χ1n) is 4.67. The summed E-state index contributed by atoms with van der Waals surface area (Å²) in [7, 11) is 1.74. The molecule has 0 spiro atoms. The molecule has 1 amide bonds. The number of carbonyl (C=O) groups excluding carboxylic acids is 1. The second-order valence-electron chi connectivity index (χ2n) is 3.94. The molecule has 16 heavy (non-hydrogen) atoms. The summed E-state index contributed by atoms with van der Waals surface area (Å²) in [6, 6.07) is 1.65. The number of hydrogen-bond acceptors (Lipinski definition) is 4. The van der Waals surface area contributed by atoms with Crippen molar-refractivity contribution in [2.75, 3.05) is 5.32 Å². The molecule has 0 aliphatic carbocycles. The highest BCUT2D eigenvalue weighted by Crippen LogP contribution is 2.17. The van der Waals surface area contributed by atoms with E-state index in [4.69, 9.17) is 10.9 Å². The van der Waals surface area contributed by atoms with E-state index in [0.29, 0.717) is 5.82 Å². The van der Waals surface area contributed by atoms with Crippen molar-refractivity contribution < 1.29 is 10.0 Å². The number of nitrogens with two attached hydrogens (primary N) is 1. The van der Waals surface area contributed by atoms with E-state index >= 15 is 0 Å². The summed E-state index contributed by atoms with van der Waals surface area (Å²) < 4.78 is 1.56. The molecule has 0 atom stereocenters. The van der Waals surface area contributed by atoms with Crippen molar-refractivity contribution in [3.8, 4) is 0 Å².